The zero-order chi connectivity index (χ0) is 26.2. The van der Waals surface area contributed by atoms with Gasteiger partial charge in [0, 0.05) is 31.5 Å². The van der Waals surface area contributed by atoms with Gasteiger partial charge in [0.25, 0.3) is 5.91 Å². The molecule has 10 nitrogen and oxygen atoms in total. The third kappa shape index (κ3) is 3.44. The largest absolute Gasteiger partial charge is 0.493 e. The molecule has 13 heteroatoms. The first kappa shape index (κ1) is 23.3. The van der Waals surface area contributed by atoms with Gasteiger partial charge in [-0.2, -0.15) is 13.2 Å². The quantitative estimate of drug-likeness (QED) is 0.459. The van der Waals surface area contributed by atoms with Crippen LogP contribution in [0.4, 0.5) is 23.7 Å². The molecule has 0 atom stereocenters. The van der Waals surface area contributed by atoms with Crippen LogP contribution in [0, 0.1) is 0 Å². The van der Waals surface area contributed by atoms with Crippen molar-refractivity contribution < 1.29 is 37.0 Å². The fourth-order valence-electron chi connectivity index (χ4n) is 5.54. The molecule has 3 aliphatic carbocycles. The van der Waals surface area contributed by atoms with Crippen LogP contribution in [0.2, 0.25) is 0 Å². The number of benzene rings is 1. The Kier molecular flexibility index (Phi) is 4.82. The maximum Gasteiger partial charge on any atom is 0.417 e. The number of hydrogen-bond donors (Lipinski definition) is 0. The van der Waals surface area contributed by atoms with Crippen LogP contribution in [0.5, 0.6) is 17.4 Å². The third-order valence-electron chi connectivity index (χ3n) is 7.17. The van der Waals surface area contributed by atoms with Gasteiger partial charge < -0.3 is 14.2 Å². The number of anilines is 1. The molecule has 7 rings (SSSR count). The number of methoxy groups -OCH3 is 2. The molecule has 0 radical (unpaired) electrons. The van der Waals surface area contributed by atoms with Crippen LogP contribution < -0.4 is 19.1 Å². The summed E-state index contributed by atoms with van der Waals surface area (Å²) < 4.78 is 56.3. The molecule has 3 heterocycles. The Bertz CT molecular complexity index is 1440. The van der Waals surface area contributed by atoms with Crippen molar-refractivity contribution in [1.82, 2.24) is 19.9 Å². The van der Waals surface area contributed by atoms with Gasteiger partial charge >= 0.3 is 12.2 Å². The monoisotopic (exact) mass is 515 g/mol. The predicted octanol–water partition coefficient (Wildman–Crippen LogP) is 3.58. The van der Waals surface area contributed by atoms with Crippen molar-refractivity contribution in [1.29, 1.82) is 0 Å². The molecular formula is C24H20F3N5O5. The summed E-state index contributed by atoms with van der Waals surface area (Å²) in [6, 6.07) is 3.59. The van der Waals surface area contributed by atoms with E-state index in [1.54, 1.807) is 12.1 Å². The molecule has 2 bridgehead atoms. The number of urea groups is 1. The highest BCUT2D eigenvalue weighted by molar-refractivity contribution is 6.13. The average Bonchev–Trinajstić information content (AvgIpc) is 3.12. The van der Waals surface area contributed by atoms with Crippen LogP contribution in [0.1, 0.15) is 24.8 Å². The number of rotatable bonds is 6. The van der Waals surface area contributed by atoms with E-state index in [0.717, 1.165) is 22.1 Å². The molecule has 0 N–H and O–H groups in total. The molecule has 3 saturated carbocycles. The molecule has 4 aliphatic rings. The number of ether oxygens (including phenoxy) is 3. The van der Waals surface area contributed by atoms with E-state index in [2.05, 4.69) is 15.0 Å². The third-order valence-corrected chi connectivity index (χ3v) is 7.17. The first-order chi connectivity index (χ1) is 17.6. The second-order valence-electron chi connectivity index (χ2n) is 9.47. The number of imide groups is 1. The fraction of sp³-hybridized carbons (Fsp3) is 0.375. The number of carbonyl (C=O) groups excluding carboxylic acids is 2. The van der Waals surface area contributed by atoms with Gasteiger partial charge in [0.05, 0.1) is 48.1 Å². The summed E-state index contributed by atoms with van der Waals surface area (Å²) in [5.41, 5.74) is -1.82. The van der Waals surface area contributed by atoms with Crippen molar-refractivity contribution in [3.05, 3.63) is 42.5 Å². The molecule has 192 valence electrons. The lowest BCUT2D eigenvalue weighted by Gasteiger charge is -2.70. The second-order valence-corrected chi connectivity index (χ2v) is 9.47. The molecule has 37 heavy (non-hydrogen) atoms. The zero-order valence-corrected chi connectivity index (χ0v) is 19.7. The number of halogens is 3. The maximum atomic E-state index is 13.1. The minimum atomic E-state index is -4.62. The van der Waals surface area contributed by atoms with E-state index in [1.807, 2.05) is 0 Å². The number of pyridine rings is 1. The van der Waals surface area contributed by atoms with E-state index in [1.165, 1.54) is 20.5 Å². The first-order valence-electron chi connectivity index (χ1n) is 11.3. The smallest absolute Gasteiger partial charge is 0.417 e. The van der Waals surface area contributed by atoms with Gasteiger partial charge in [-0.05, 0) is 12.1 Å². The minimum Gasteiger partial charge on any atom is -0.493 e. The Morgan fingerprint density at radius 1 is 0.973 bits per heavy atom. The fourth-order valence-corrected chi connectivity index (χ4v) is 5.54. The van der Waals surface area contributed by atoms with Crippen LogP contribution in [0.15, 0.2) is 36.9 Å². The standard InChI is InChI=1S/C24H20F3N5O5/c1-35-17-4-15-16(5-18(17)36-2)29-12-30-20(15)37-23-9-22(10-23,11-23)32-19(33)8-31(21(32)34)14-3-13(6-28-7-14)24(25,26)27/h3-7,12H,8-11H2,1-2H3. The van der Waals surface area contributed by atoms with Gasteiger partial charge in [-0.3, -0.25) is 19.6 Å². The Morgan fingerprint density at radius 3 is 2.35 bits per heavy atom. The van der Waals surface area contributed by atoms with Crippen LogP contribution in [0.25, 0.3) is 10.9 Å². The highest BCUT2D eigenvalue weighted by Crippen LogP contribution is 2.66. The predicted molar refractivity (Wildman–Crippen MR) is 121 cm³/mol. The molecule has 3 aromatic rings. The van der Waals surface area contributed by atoms with Crippen LogP contribution >= 0.6 is 0 Å². The number of aromatic nitrogens is 3. The average molecular weight is 515 g/mol. The van der Waals surface area contributed by atoms with Crippen molar-refractivity contribution in [3.63, 3.8) is 0 Å². The molecule has 4 fully saturated rings. The van der Waals surface area contributed by atoms with Crippen LogP contribution in [0.3, 0.4) is 0 Å². The summed E-state index contributed by atoms with van der Waals surface area (Å²) in [7, 11) is 3.04. The van der Waals surface area contributed by atoms with Gasteiger partial charge in [-0.1, -0.05) is 0 Å². The topological polar surface area (TPSA) is 107 Å². The summed E-state index contributed by atoms with van der Waals surface area (Å²) in [6.45, 7) is -0.352. The van der Waals surface area contributed by atoms with Gasteiger partial charge in [0.2, 0.25) is 5.88 Å². The molecule has 1 aliphatic heterocycles. The van der Waals surface area contributed by atoms with E-state index >= 15 is 0 Å². The Balaban J connectivity index is 1.20. The molecule has 3 amide bonds. The molecular weight excluding hydrogens is 495 g/mol. The van der Waals surface area contributed by atoms with E-state index in [0.29, 0.717) is 53.7 Å². The SMILES string of the molecule is COc1cc2ncnc(OC34CC(N5C(=O)CN(c6cncc(C(F)(F)F)c6)C5=O)(C3)C4)c2cc1OC. The zero-order valence-electron chi connectivity index (χ0n) is 19.7. The molecule has 0 spiro atoms. The highest BCUT2D eigenvalue weighted by atomic mass is 19.4. The van der Waals surface area contributed by atoms with Gasteiger partial charge in [-0.15, -0.1) is 0 Å². The molecule has 1 saturated heterocycles. The molecule has 2 aromatic heterocycles. The number of fused-ring (bicyclic) bond motifs is 1. The van der Waals surface area contributed by atoms with E-state index in [-0.39, 0.29) is 12.2 Å². The lowest BCUT2D eigenvalue weighted by atomic mass is 9.45. The van der Waals surface area contributed by atoms with Crippen molar-refractivity contribution >= 4 is 28.5 Å². The summed E-state index contributed by atoms with van der Waals surface area (Å²) >= 11 is 0. The van der Waals surface area contributed by atoms with Crippen LogP contribution in [-0.4, -0.2) is 63.7 Å². The van der Waals surface area contributed by atoms with E-state index in [4.69, 9.17) is 14.2 Å². The van der Waals surface area contributed by atoms with E-state index in [9.17, 15) is 22.8 Å². The van der Waals surface area contributed by atoms with Crippen LogP contribution in [-0.2, 0) is 11.0 Å². The normalized spacial score (nSPS) is 24.7. The first-order valence-corrected chi connectivity index (χ1v) is 11.3. The van der Waals surface area contributed by atoms with Crippen molar-refractivity contribution in [2.75, 3.05) is 25.7 Å². The van der Waals surface area contributed by atoms with Crippen molar-refractivity contribution in [3.8, 4) is 17.4 Å². The molecule has 1 aromatic carbocycles. The van der Waals surface area contributed by atoms with Gasteiger partial charge in [0.1, 0.15) is 18.5 Å². The van der Waals surface area contributed by atoms with Gasteiger partial charge in [-0.25, -0.2) is 14.8 Å². The number of amides is 3. The number of hydrogen-bond acceptors (Lipinski definition) is 8. The summed E-state index contributed by atoms with van der Waals surface area (Å²) in [4.78, 5) is 40.3. The summed E-state index contributed by atoms with van der Waals surface area (Å²) in [5.74, 6) is 0.867. The molecule has 0 unspecified atom stereocenters. The highest BCUT2D eigenvalue weighted by Gasteiger charge is 2.76. The summed E-state index contributed by atoms with van der Waals surface area (Å²) in [6.07, 6.45) is -0.248. The lowest BCUT2D eigenvalue weighted by Crippen LogP contribution is -2.81. The summed E-state index contributed by atoms with van der Waals surface area (Å²) in [5, 5.41) is 0.621. The Hall–Kier alpha value is -4.16. The number of alkyl halides is 3. The van der Waals surface area contributed by atoms with E-state index < -0.39 is 34.8 Å². The number of carbonyl (C=O) groups is 2. The number of nitrogens with zero attached hydrogens (tertiary/aromatic N) is 5. The maximum absolute atomic E-state index is 13.1. The van der Waals surface area contributed by atoms with Crippen molar-refractivity contribution in [2.45, 2.75) is 36.6 Å². The Morgan fingerprint density at radius 2 is 1.68 bits per heavy atom. The second kappa shape index (κ2) is 7.67. The van der Waals surface area contributed by atoms with Crippen molar-refractivity contribution in [2.24, 2.45) is 0 Å². The Labute approximate surface area is 208 Å². The lowest BCUT2D eigenvalue weighted by molar-refractivity contribution is -0.235. The van der Waals surface area contributed by atoms with Gasteiger partial charge in [0.15, 0.2) is 11.5 Å². The minimum absolute atomic E-state index is 0.0786.